The lowest BCUT2D eigenvalue weighted by Gasteiger charge is -2.38. The third-order valence-corrected chi connectivity index (χ3v) is 5.50. The van der Waals surface area contributed by atoms with Crippen LogP contribution in [0.1, 0.15) is 24.3 Å². The van der Waals surface area contributed by atoms with E-state index in [2.05, 4.69) is 11.9 Å². The molecule has 4 rings (SSSR count). The fraction of sp³-hybridized carbons (Fsp3) is 0.588. The first kappa shape index (κ1) is 15.4. The minimum Gasteiger partial charge on any atom is -0.462 e. The first-order valence-corrected chi connectivity index (χ1v) is 8.36. The third kappa shape index (κ3) is 2.76. The molecule has 6 atom stereocenters. The lowest BCUT2D eigenvalue weighted by atomic mass is 9.97. The smallest absolute Gasteiger partial charge is 0.316 e. The minimum absolute atomic E-state index is 0.0494. The molecule has 0 unspecified atom stereocenters. The van der Waals surface area contributed by atoms with E-state index < -0.39 is 5.92 Å². The van der Waals surface area contributed by atoms with Gasteiger partial charge in [-0.2, -0.15) is 0 Å². The number of fused-ring (bicyclic) bond motifs is 5. The predicted octanol–water partition coefficient (Wildman–Crippen LogP) is 2.10. The highest BCUT2D eigenvalue weighted by Crippen LogP contribution is 2.48. The van der Waals surface area contributed by atoms with Gasteiger partial charge in [-0.15, -0.1) is 0 Å². The molecule has 3 heterocycles. The monoisotopic (exact) mass is 337 g/mol. The zero-order valence-corrected chi connectivity index (χ0v) is 13.7. The van der Waals surface area contributed by atoms with Crippen molar-refractivity contribution in [2.45, 2.75) is 49.2 Å². The first-order valence-electron chi connectivity index (χ1n) is 8.05. The topological polar surface area (TPSA) is 51.3 Å². The summed E-state index contributed by atoms with van der Waals surface area (Å²) in [6, 6.07) is 10.2. The maximum atomic E-state index is 12.6. The Morgan fingerprint density at radius 2 is 1.96 bits per heavy atom. The van der Waals surface area contributed by atoms with E-state index in [1.165, 1.54) is 0 Å². The number of esters is 1. The van der Waals surface area contributed by atoms with Crippen LogP contribution in [-0.4, -0.2) is 54.9 Å². The van der Waals surface area contributed by atoms with Gasteiger partial charge in [0.1, 0.15) is 24.2 Å². The molecular weight excluding hydrogens is 318 g/mol. The highest BCUT2D eigenvalue weighted by atomic mass is 35.5. The summed E-state index contributed by atoms with van der Waals surface area (Å²) in [7, 11) is 2.14. The van der Waals surface area contributed by atoms with E-state index >= 15 is 0 Å². The van der Waals surface area contributed by atoms with Gasteiger partial charge in [0.05, 0.1) is 18.5 Å². The van der Waals surface area contributed by atoms with Gasteiger partial charge in [0.25, 0.3) is 0 Å². The number of carbonyl (C=O) groups excluding carboxylic acids is 1. The van der Waals surface area contributed by atoms with Crippen LogP contribution in [0.25, 0.3) is 0 Å². The third-order valence-electron chi connectivity index (χ3n) is 5.37. The molecule has 0 amide bonds. The van der Waals surface area contributed by atoms with Gasteiger partial charge in [0, 0.05) is 24.9 Å². The number of benzene rings is 1. The lowest BCUT2D eigenvalue weighted by Crippen LogP contribution is -2.48. The van der Waals surface area contributed by atoms with Crippen molar-refractivity contribution in [3.05, 3.63) is 35.9 Å². The van der Waals surface area contributed by atoms with E-state index in [4.69, 9.17) is 25.6 Å². The van der Waals surface area contributed by atoms with Gasteiger partial charge in [-0.3, -0.25) is 14.0 Å². The fourth-order valence-corrected chi connectivity index (χ4v) is 4.22. The van der Waals surface area contributed by atoms with Gasteiger partial charge in [-0.05, 0) is 12.6 Å². The molecular formula is C17H20ClNO4. The second kappa shape index (κ2) is 6.06. The Morgan fingerprint density at radius 1 is 1.30 bits per heavy atom. The molecule has 124 valence electrons. The van der Waals surface area contributed by atoms with Crippen LogP contribution in [0.2, 0.25) is 0 Å². The molecule has 0 radical (unpaired) electrons. The van der Waals surface area contributed by atoms with Crippen molar-refractivity contribution in [1.29, 1.82) is 0 Å². The van der Waals surface area contributed by atoms with Crippen LogP contribution < -0.4 is 0 Å². The number of nitrogens with zero attached hydrogens (tertiary/aromatic N) is 1. The van der Waals surface area contributed by atoms with Gasteiger partial charge in [0.15, 0.2) is 0 Å². The standard InChI is InChI=1S/C17H20ClNO4/c1-19-13-7-11(8-14(19)16-15(13)23-16)22-17(20)12(9-21-18)10-5-3-2-4-6-10/h2-6,11-16H,7-9H2,1H3/t11-,12-,13-,14+,15-,16+/m1/s1. The molecule has 0 aromatic heterocycles. The number of hydrogen-bond acceptors (Lipinski definition) is 5. The molecule has 3 fully saturated rings. The summed E-state index contributed by atoms with van der Waals surface area (Å²) in [5.74, 6) is -0.753. The van der Waals surface area contributed by atoms with Crippen LogP contribution in [0.5, 0.6) is 0 Å². The number of piperidine rings is 1. The lowest BCUT2D eigenvalue weighted by molar-refractivity contribution is -0.156. The molecule has 1 aromatic rings. The number of ether oxygens (including phenoxy) is 2. The molecule has 3 saturated heterocycles. The van der Waals surface area contributed by atoms with Crippen molar-refractivity contribution in [1.82, 2.24) is 4.90 Å². The predicted molar refractivity (Wildman–Crippen MR) is 84.1 cm³/mol. The molecule has 2 bridgehead atoms. The Labute approximate surface area is 140 Å². The molecule has 3 aliphatic heterocycles. The summed E-state index contributed by atoms with van der Waals surface area (Å²) >= 11 is 5.40. The van der Waals surface area contributed by atoms with Crippen molar-refractivity contribution >= 4 is 17.8 Å². The van der Waals surface area contributed by atoms with Crippen LogP contribution in [-0.2, 0) is 18.6 Å². The van der Waals surface area contributed by atoms with Gasteiger partial charge in [-0.25, -0.2) is 0 Å². The summed E-state index contributed by atoms with van der Waals surface area (Å²) in [5.41, 5.74) is 0.861. The Balaban J connectivity index is 1.43. The summed E-state index contributed by atoms with van der Waals surface area (Å²) in [6.45, 7) is 0.109. The molecule has 1 aromatic carbocycles. The number of likely N-dealkylation sites (N-methyl/N-ethyl adjacent to an activating group) is 1. The number of morpholine rings is 1. The maximum Gasteiger partial charge on any atom is 0.316 e. The molecule has 0 spiro atoms. The summed E-state index contributed by atoms with van der Waals surface area (Å²) in [6.07, 6.45) is 2.30. The van der Waals surface area contributed by atoms with Gasteiger partial charge in [-0.1, -0.05) is 30.3 Å². The Kier molecular flexibility index (Phi) is 4.05. The van der Waals surface area contributed by atoms with Gasteiger partial charge >= 0.3 is 5.97 Å². The summed E-state index contributed by atoms with van der Waals surface area (Å²) < 4.78 is 16.2. The van der Waals surface area contributed by atoms with E-state index in [-0.39, 0.29) is 18.7 Å². The number of hydrogen-bond donors (Lipinski definition) is 0. The number of halogens is 1. The fourth-order valence-electron chi connectivity index (χ4n) is 4.09. The molecule has 0 saturated carbocycles. The van der Waals surface area contributed by atoms with Crippen LogP contribution in [0.15, 0.2) is 30.3 Å². The van der Waals surface area contributed by atoms with Crippen molar-refractivity contribution < 1.29 is 18.6 Å². The number of carbonyl (C=O) groups is 1. The van der Waals surface area contributed by atoms with E-state index in [1.54, 1.807) is 0 Å². The highest BCUT2D eigenvalue weighted by Gasteiger charge is 2.62. The first-order chi connectivity index (χ1) is 11.2. The molecule has 0 aliphatic carbocycles. The van der Waals surface area contributed by atoms with Gasteiger partial charge in [0.2, 0.25) is 0 Å². The largest absolute Gasteiger partial charge is 0.462 e. The number of epoxide rings is 1. The highest BCUT2D eigenvalue weighted by molar-refractivity contribution is 6.07. The SMILES string of the molecule is CN1[C@@H]2C[C@@H](OC(=O)[C@H](COCl)c3ccccc3)C[C@H]1[C@@H]1O[C@@H]12. The van der Waals surface area contributed by atoms with Crippen LogP contribution >= 0.6 is 11.9 Å². The van der Waals surface area contributed by atoms with Crippen LogP contribution in [0.3, 0.4) is 0 Å². The molecule has 0 N–H and O–H groups in total. The van der Waals surface area contributed by atoms with Gasteiger partial charge < -0.3 is 9.47 Å². The molecule has 6 heteroatoms. The molecule has 23 heavy (non-hydrogen) atoms. The van der Waals surface area contributed by atoms with E-state index in [9.17, 15) is 4.79 Å². The second-order valence-corrected chi connectivity index (χ2v) is 6.85. The average Bonchev–Trinajstić information content (AvgIpc) is 3.31. The molecule has 3 aliphatic rings. The Morgan fingerprint density at radius 3 is 2.57 bits per heavy atom. The molecule has 5 nitrogen and oxygen atoms in total. The summed E-state index contributed by atoms with van der Waals surface area (Å²) in [5, 5.41) is 0. The second-order valence-electron chi connectivity index (χ2n) is 6.63. The van der Waals surface area contributed by atoms with Crippen molar-refractivity contribution in [3.8, 4) is 0 Å². The van der Waals surface area contributed by atoms with Crippen molar-refractivity contribution in [2.75, 3.05) is 13.7 Å². The number of rotatable bonds is 5. The zero-order chi connectivity index (χ0) is 16.0. The quantitative estimate of drug-likeness (QED) is 0.608. The van der Waals surface area contributed by atoms with E-state index in [0.717, 1.165) is 18.4 Å². The minimum atomic E-state index is -0.489. The van der Waals surface area contributed by atoms with Crippen LogP contribution in [0.4, 0.5) is 0 Å². The van der Waals surface area contributed by atoms with E-state index in [1.807, 2.05) is 30.3 Å². The van der Waals surface area contributed by atoms with Crippen LogP contribution in [0, 0.1) is 0 Å². The summed E-state index contributed by atoms with van der Waals surface area (Å²) in [4.78, 5) is 15.0. The van der Waals surface area contributed by atoms with Crippen molar-refractivity contribution in [2.24, 2.45) is 0 Å². The van der Waals surface area contributed by atoms with Crippen molar-refractivity contribution in [3.63, 3.8) is 0 Å². The zero-order valence-electron chi connectivity index (χ0n) is 12.9. The Bertz CT molecular complexity index is 565. The normalized spacial score (nSPS) is 36.3. The Hall–Kier alpha value is -1.14. The maximum absolute atomic E-state index is 12.6. The average molecular weight is 338 g/mol. The van der Waals surface area contributed by atoms with E-state index in [0.29, 0.717) is 24.3 Å².